The van der Waals surface area contributed by atoms with E-state index in [1.165, 1.54) is 11.8 Å². The number of carbonyl (C=O) groups is 1. The lowest BCUT2D eigenvalue weighted by Gasteiger charge is -2.36. The number of piperidine rings is 1. The number of pyridine rings is 1. The Morgan fingerprint density at radius 3 is 2.77 bits per heavy atom. The molecule has 9 heteroatoms. The van der Waals surface area contributed by atoms with E-state index in [9.17, 15) is 18.0 Å². The van der Waals surface area contributed by atoms with E-state index in [1.807, 2.05) is 28.7 Å². The van der Waals surface area contributed by atoms with Crippen molar-refractivity contribution in [2.75, 3.05) is 19.6 Å². The molecule has 3 aromatic rings. The molecule has 35 heavy (non-hydrogen) atoms. The first kappa shape index (κ1) is 23.9. The molecule has 2 aliphatic heterocycles. The van der Waals surface area contributed by atoms with Crippen molar-refractivity contribution >= 4 is 29.4 Å². The number of halogens is 3. The Balaban J connectivity index is 1.14. The molecule has 0 radical (unpaired) electrons. The molecule has 2 aliphatic rings. The van der Waals surface area contributed by atoms with E-state index in [4.69, 9.17) is 0 Å². The van der Waals surface area contributed by atoms with Crippen LogP contribution in [0.2, 0.25) is 0 Å². The van der Waals surface area contributed by atoms with Crippen molar-refractivity contribution in [1.82, 2.24) is 19.6 Å². The monoisotopic (exact) mass is 500 g/mol. The number of benzene rings is 1. The SMILES string of the molecule is O=C(NCC1CCCCN1CCCc1ccc(C(F)(F)F)cc1)C1=Cc2cnc3cccc(n23)S1. The van der Waals surface area contributed by atoms with Crippen molar-refractivity contribution < 1.29 is 18.0 Å². The first-order chi connectivity index (χ1) is 16.9. The van der Waals surface area contributed by atoms with Crippen LogP contribution < -0.4 is 5.32 Å². The molecule has 5 nitrogen and oxygen atoms in total. The number of imidazole rings is 1. The highest BCUT2D eigenvalue weighted by atomic mass is 32.2. The molecule has 0 spiro atoms. The molecular weight excluding hydrogens is 473 g/mol. The fourth-order valence-electron chi connectivity index (χ4n) is 4.83. The minimum absolute atomic E-state index is 0.0743. The number of carbonyl (C=O) groups excluding carboxylic acids is 1. The van der Waals surface area contributed by atoms with Crippen molar-refractivity contribution in [2.45, 2.75) is 49.3 Å². The van der Waals surface area contributed by atoms with Gasteiger partial charge in [-0.3, -0.25) is 14.1 Å². The highest BCUT2D eigenvalue weighted by Crippen LogP contribution is 2.34. The number of aromatic nitrogens is 2. The Hall–Kier alpha value is -2.78. The van der Waals surface area contributed by atoms with E-state index in [2.05, 4.69) is 15.2 Å². The highest BCUT2D eigenvalue weighted by molar-refractivity contribution is 8.04. The highest BCUT2D eigenvalue weighted by Gasteiger charge is 2.30. The quantitative estimate of drug-likeness (QED) is 0.472. The van der Waals surface area contributed by atoms with E-state index in [1.54, 1.807) is 18.3 Å². The second-order valence-electron chi connectivity index (χ2n) is 9.05. The van der Waals surface area contributed by atoms with E-state index in [-0.39, 0.29) is 11.9 Å². The number of hydrogen-bond donors (Lipinski definition) is 1. The van der Waals surface area contributed by atoms with Crippen LogP contribution in [0.15, 0.2) is 58.6 Å². The van der Waals surface area contributed by atoms with Gasteiger partial charge in [-0.1, -0.05) is 36.4 Å². The Morgan fingerprint density at radius 1 is 1.14 bits per heavy atom. The van der Waals surface area contributed by atoms with E-state index in [0.717, 1.165) is 79.3 Å². The first-order valence-electron chi connectivity index (χ1n) is 11.9. The number of amides is 1. The number of hydrogen-bond acceptors (Lipinski definition) is 4. The molecule has 1 unspecified atom stereocenters. The van der Waals surface area contributed by atoms with Crippen molar-refractivity contribution in [3.8, 4) is 0 Å². The number of nitrogens with one attached hydrogen (secondary N) is 1. The number of nitrogens with zero attached hydrogens (tertiary/aromatic N) is 3. The van der Waals surface area contributed by atoms with Gasteiger partial charge in [-0.2, -0.15) is 13.2 Å². The largest absolute Gasteiger partial charge is 0.416 e. The van der Waals surface area contributed by atoms with Gasteiger partial charge >= 0.3 is 6.18 Å². The number of likely N-dealkylation sites (tertiary alicyclic amines) is 1. The summed E-state index contributed by atoms with van der Waals surface area (Å²) in [7, 11) is 0. The molecule has 4 heterocycles. The molecule has 1 N–H and O–H groups in total. The van der Waals surface area contributed by atoms with Crippen LogP contribution >= 0.6 is 11.8 Å². The summed E-state index contributed by atoms with van der Waals surface area (Å²) in [6, 6.07) is 11.6. The van der Waals surface area contributed by atoms with Crippen LogP contribution in [0.4, 0.5) is 13.2 Å². The molecule has 5 rings (SSSR count). The molecule has 0 saturated carbocycles. The fraction of sp³-hybridized carbons (Fsp3) is 0.385. The van der Waals surface area contributed by atoms with Gasteiger partial charge in [-0.15, -0.1) is 0 Å². The van der Waals surface area contributed by atoms with Crippen LogP contribution in [0.1, 0.15) is 42.5 Å². The van der Waals surface area contributed by atoms with Crippen LogP contribution in [-0.2, 0) is 17.4 Å². The van der Waals surface area contributed by atoms with Crippen LogP contribution in [0.3, 0.4) is 0 Å². The van der Waals surface area contributed by atoms with Crippen LogP contribution in [-0.4, -0.2) is 45.9 Å². The molecule has 1 saturated heterocycles. The zero-order valence-corrected chi connectivity index (χ0v) is 20.0. The third-order valence-electron chi connectivity index (χ3n) is 6.68. The van der Waals surface area contributed by atoms with Gasteiger partial charge in [0.25, 0.3) is 5.91 Å². The average molecular weight is 501 g/mol. The first-order valence-corrected chi connectivity index (χ1v) is 12.7. The van der Waals surface area contributed by atoms with Crippen molar-refractivity contribution in [3.05, 3.63) is 70.4 Å². The van der Waals surface area contributed by atoms with E-state index >= 15 is 0 Å². The smallest absolute Gasteiger partial charge is 0.350 e. The third kappa shape index (κ3) is 5.41. The maximum absolute atomic E-state index is 13.0. The topological polar surface area (TPSA) is 49.6 Å². The summed E-state index contributed by atoms with van der Waals surface area (Å²) < 4.78 is 40.3. The van der Waals surface area contributed by atoms with Crippen molar-refractivity contribution in [1.29, 1.82) is 0 Å². The summed E-state index contributed by atoms with van der Waals surface area (Å²) in [5.41, 5.74) is 2.08. The summed E-state index contributed by atoms with van der Waals surface area (Å²) in [6.45, 7) is 2.42. The Morgan fingerprint density at radius 2 is 1.97 bits per heavy atom. The second kappa shape index (κ2) is 10.1. The molecule has 0 aliphatic carbocycles. The molecule has 184 valence electrons. The predicted molar refractivity (Wildman–Crippen MR) is 131 cm³/mol. The predicted octanol–water partition coefficient (Wildman–Crippen LogP) is 5.40. The van der Waals surface area contributed by atoms with Crippen molar-refractivity contribution in [2.24, 2.45) is 0 Å². The molecule has 1 atom stereocenters. The van der Waals surface area contributed by atoms with Crippen LogP contribution in [0.25, 0.3) is 11.7 Å². The Bertz CT molecular complexity index is 1240. The lowest BCUT2D eigenvalue weighted by molar-refractivity contribution is -0.137. The minimum Gasteiger partial charge on any atom is -0.350 e. The molecular formula is C26H27F3N4OS. The van der Waals surface area contributed by atoms with Gasteiger partial charge in [-0.05, 0) is 74.7 Å². The number of alkyl halides is 3. The average Bonchev–Trinajstić information content (AvgIpc) is 3.27. The second-order valence-corrected chi connectivity index (χ2v) is 10.1. The van der Waals surface area contributed by atoms with Gasteiger partial charge in [0.05, 0.1) is 27.4 Å². The minimum atomic E-state index is -4.30. The summed E-state index contributed by atoms with van der Waals surface area (Å²) in [6.07, 6.45) is 4.25. The molecule has 2 aromatic heterocycles. The zero-order chi connectivity index (χ0) is 24.4. The van der Waals surface area contributed by atoms with Crippen LogP contribution in [0.5, 0.6) is 0 Å². The summed E-state index contributed by atoms with van der Waals surface area (Å²) in [5, 5.41) is 4.11. The summed E-state index contributed by atoms with van der Waals surface area (Å²) in [5.74, 6) is -0.0743. The van der Waals surface area contributed by atoms with E-state index in [0.29, 0.717) is 11.4 Å². The number of thioether (sulfide) groups is 1. The van der Waals surface area contributed by atoms with Gasteiger partial charge < -0.3 is 5.32 Å². The van der Waals surface area contributed by atoms with Crippen molar-refractivity contribution in [3.63, 3.8) is 0 Å². The van der Waals surface area contributed by atoms with Gasteiger partial charge in [0.2, 0.25) is 0 Å². The third-order valence-corrected chi connectivity index (χ3v) is 7.73. The van der Waals surface area contributed by atoms with Gasteiger partial charge in [0.15, 0.2) is 0 Å². The lowest BCUT2D eigenvalue weighted by atomic mass is 10.0. The van der Waals surface area contributed by atoms with Gasteiger partial charge in [0.1, 0.15) is 5.65 Å². The Kier molecular flexibility index (Phi) is 6.88. The summed E-state index contributed by atoms with van der Waals surface area (Å²) in [4.78, 5) is 20.4. The van der Waals surface area contributed by atoms with Crippen LogP contribution in [0, 0.1) is 0 Å². The van der Waals surface area contributed by atoms with E-state index < -0.39 is 11.7 Å². The number of rotatable bonds is 7. The molecule has 1 fully saturated rings. The Labute approximate surface area is 206 Å². The molecule has 0 bridgehead atoms. The molecule has 1 aromatic carbocycles. The fourth-order valence-corrected chi connectivity index (χ4v) is 5.84. The van der Waals surface area contributed by atoms with Gasteiger partial charge in [0, 0.05) is 12.6 Å². The summed E-state index contributed by atoms with van der Waals surface area (Å²) >= 11 is 1.45. The standard InChI is InChI=1S/C26H27F3N4OS/c27-26(28,29)19-11-9-18(10-12-19)5-4-14-32-13-2-1-6-20(32)16-31-25(34)22-15-21-17-30-23-7-3-8-24(35-22)33(21)23/h3,7-12,15,17,20H,1-2,4-6,13-14,16H2,(H,31,34). The maximum Gasteiger partial charge on any atom is 0.416 e. The zero-order valence-electron chi connectivity index (χ0n) is 19.2. The van der Waals surface area contributed by atoms with Gasteiger partial charge in [-0.25, -0.2) is 4.98 Å². The molecule has 1 amide bonds. The lowest BCUT2D eigenvalue weighted by Crippen LogP contribution is -2.47. The normalized spacial score (nSPS) is 18.5. The number of aryl methyl sites for hydroxylation is 1. The maximum atomic E-state index is 13.0.